The van der Waals surface area contributed by atoms with Crippen molar-refractivity contribution in [3.63, 3.8) is 0 Å². The van der Waals surface area contributed by atoms with Crippen molar-refractivity contribution in [1.29, 1.82) is 0 Å². The summed E-state index contributed by atoms with van der Waals surface area (Å²) in [5.41, 5.74) is -0.482. The highest BCUT2D eigenvalue weighted by molar-refractivity contribution is 9.11. The van der Waals surface area contributed by atoms with Crippen LogP contribution in [0.4, 0.5) is 0 Å². The number of halogens is 1. The molecule has 0 radical (unpaired) electrons. The highest BCUT2D eigenvalue weighted by Crippen LogP contribution is 2.11. The van der Waals surface area contributed by atoms with Gasteiger partial charge >= 0.3 is 0 Å². The minimum absolute atomic E-state index is 0.0507. The maximum absolute atomic E-state index is 11.7. The van der Waals surface area contributed by atoms with Crippen molar-refractivity contribution >= 4 is 25.8 Å². The zero-order valence-electron chi connectivity index (χ0n) is 10.4. The summed E-state index contributed by atoms with van der Waals surface area (Å²) in [5, 5.41) is 9.49. The predicted octanol–water partition coefficient (Wildman–Crippen LogP) is 2.58. The SMILES string of the molecule is C=C/C(Br)=C\C=C(\C)CS(=O)(=O)CC(C)(C)O. The largest absolute Gasteiger partial charge is 0.389 e. The van der Waals surface area contributed by atoms with Crippen molar-refractivity contribution in [2.75, 3.05) is 11.5 Å². The first-order valence-corrected chi connectivity index (χ1v) is 7.75. The van der Waals surface area contributed by atoms with E-state index in [-0.39, 0.29) is 11.5 Å². The molecule has 0 spiro atoms. The molecule has 0 aromatic carbocycles. The van der Waals surface area contributed by atoms with E-state index in [2.05, 4.69) is 22.5 Å². The summed E-state index contributed by atoms with van der Waals surface area (Å²) in [6.07, 6.45) is 5.07. The van der Waals surface area contributed by atoms with E-state index in [1.807, 2.05) is 0 Å². The first-order chi connectivity index (χ1) is 7.56. The topological polar surface area (TPSA) is 54.4 Å². The van der Waals surface area contributed by atoms with Crippen LogP contribution in [0.25, 0.3) is 0 Å². The second-order valence-corrected chi connectivity index (χ2v) is 7.59. The molecule has 0 atom stereocenters. The van der Waals surface area contributed by atoms with Crippen LogP contribution in [0.1, 0.15) is 20.8 Å². The van der Waals surface area contributed by atoms with Crippen LogP contribution >= 0.6 is 15.9 Å². The number of sulfone groups is 1. The summed E-state index contributed by atoms with van der Waals surface area (Å²) in [6.45, 7) is 8.27. The fourth-order valence-corrected chi connectivity index (χ4v) is 3.37. The molecule has 0 aromatic heterocycles. The lowest BCUT2D eigenvalue weighted by molar-refractivity contribution is 0.105. The fraction of sp³-hybridized carbons (Fsp3) is 0.500. The molecule has 5 heteroatoms. The zero-order valence-corrected chi connectivity index (χ0v) is 12.8. The highest BCUT2D eigenvalue weighted by atomic mass is 79.9. The molecule has 1 N–H and O–H groups in total. The second kappa shape index (κ2) is 6.52. The van der Waals surface area contributed by atoms with E-state index in [1.54, 1.807) is 25.2 Å². The normalized spacial score (nSPS) is 14.9. The molecule has 0 aliphatic heterocycles. The molecular weight excluding hydrogens is 304 g/mol. The van der Waals surface area contributed by atoms with E-state index in [9.17, 15) is 13.5 Å². The van der Waals surface area contributed by atoms with Gasteiger partial charge in [-0.05, 0) is 26.8 Å². The quantitative estimate of drug-likeness (QED) is 0.765. The third-order valence-corrected chi connectivity index (χ3v) is 4.37. The highest BCUT2D eigenvalue weighted by Gasteiger charge is 2.23. The van der Waals surface area contributed by atoms with Crippen molar-refractivity contribution in [2.45, 2.75) is 26.4 Å². The van der Waals surface area contributed by atoms with Crippen molar-refractivity contribution in [3.8, 4) is 0 Å². The maximum Gasteiger partial charge on any atom is 0.156 e. The van der Waals surface area contributed by atoms with Gasteiger partial charge in [-0.15, -0.1) is 0 Å². The van der Waals surface area contributed by atoms with Gasteiger partial charge in [-0.2, -0.15) is 0 Å². The van der Waals surface area contributed by atoms with E-state index in [0.717, 1.165) is 4.48 Å². The van der Waals surface area contributed by atoms with Gasteiger partial charge in [-0.3, -0.25) is 0 Å². The van der Waals surface area contributed by atoms with Gasteiger partial charge in [-0.1, -0.05) is 40.2 Å². The van der Waals surface area contributed by atoms with Crippen LogP contribution in [0, 0.1) is 0 Å². The van der Waals surface area contributed by atoms with Gasteiger partial charge in [0.15, 0.2) is 9.84 Å². The number of allylic oxidation sites excluding steroid dienone is 4. The molecule has 0 aliphatic carbocycles. The Morgan fingerprint density at radius 3 is 2.35 bits per heavy atom. The molecule has 0 rings (SSSR count). The van der Waals surface area contributed by atoms with Crippen LogP contribution in [0.2, 0.25) is 0 Å². The summed E-state index contributed by atoms with van der Waals surface area (Å²) in [7, 11) is -3.28. The molecule has 3 nitrogen and oxygen atoms in total. The van der Waals surface area contributed by atoms with Gasteiger partial charge < -0.3 is 5.11 Å². The average molecular weight is 323 g/mol. The molecule has 0 aliphatic rings. The molecule has 0 saturated heterocycles. The molecule has 17 heavy (non-hydrogen) atoms. The Morgan fingerprint density at radius 2 is 1.94 bits per heavy atom. The second-order valence-electron chi connectivity index (χ2n) is 4.61. The number of hydrogen-bond acceptors (Lipinski definition) is 3. The van der Waals surface area contributed by atoms with Crippen LogP contribution in [-0.4, -0.2) is 30.6 Å². The van der Waals surface area contributed by atoms with Crippen LogP contribution in [-0.2, 0) is 9.84 Å². The molecule has 0 saturated carbocycles. The molecular formula is C12H19BrO3S. The molecule has 0 aromatic rings. The Kier molecular flexibility index (Phi) is 6.37. The minimum Gasteiger partial charge on any atom is -0.389 e. The van der Waals surface area contributed by atoms with Gasteiger partial charge in [-0.25, -0.2) is 8.42 Å². The number of aliphatic hydroxyl groups is 1. The van der Waals surface area contributed by atoms with Gasteiger partial charge in [0, 0.05) is 4.48 Å². The Bertz CT molecular complexity index is 425. The maximum atomic E-state index is 11.7. The van der Waals surface area contributed by atoms with Crippen molar-refractivity contribution in [3.05, 3.63) is 34.9 Å². The standard InChI is InChI=1S/C12H19BrO3S/c1-5-11(13)7-6-10(2)8-17(15,16)9-12(3,4)14/h5-7,14H,1,8-9H2,2-4H3/b10-6-,11-7+. The first kappa shape index (κ1) is 16.6. The van der Waals surface area contributed by atoms with Crippen LogP contribution in [0.3, 0.4) is 0 Å². The lowest BCUT2D eigenvalue weighted by Crippen LogP contribution is -2.31. The summed E-state index contributed by atoms with van der Waals surface area (Å²) in [5.74, 6) is -0.289. The molecule has 0 bridgehead atoms. The first-order valence-electron chi connectivity index (χ1n) is 5.14. The van der Waals surface area contributed by atoms with Gasteiger partial charge in [0.05, 0.1) is 17.1 Å². The molecule has 0 heterocycles. The van der Waals surface area contributed by atoms with Gasteiger partial charge in [0.2, 0.25) is 0 Å². The van der Waals surface area contributed by atoms with E-state index in [4.69, 9.17) is 0 Å². The van der Waals surface area contributed by atoms with E-state index < -0.39 is 15.4 Å². The Hall–Kier alpha value is -0.390. The molecule has 0 fully saturated rings. The van der Waals surface area contributed by atoms with E-state index in [0.29, 0.717) is 5.57 Å². The monoisotopic (exact) mass is 322 g/mol. The van der Waals surface area contributed by atoms with Crippen molar-refractivity contribution < 1.29 is 13.5 Å². The van der Waals surface area contributed by atoms with Crippen molar-refractivity contribution in [1.82, 2.24) is 0 Å². The van der Waals surface area contributed by atoms with E-state index >= 15 is 0 Å². The summed E-state index contributed by atoms with van der Waals surface area (Å²) < 4.78 is 24.2. The Balaban J connectivity index is 4.69. The Morgan fingerprint density at radius 1 is 1.41 bits per heavy atom. The molecule has 0 unspecified atom stereocenters. The lowest BCUT2D eigenvalue weighted by atomic mass is 10.2. The third-order valence-electron chi connectivity index (χ3n) is 1.74. The fourth-order valence-electron chi connectivity index (χ4n) is 1.27. The minimum atomic E-state index is -3.28. The lowest BCUT2D eigenvalue weighted by Gasteiger charge is -2.16. The van der Waals surface area contributed by atoms with E-state index in [1.165, 1.54) is 13.8 Å². The van der Waals surface area contributed by atoms with Crippen LogP contribution in [0.15, 0.2) is 34.9 Å². The summed E-state index contributed by atoms with van der Waals surface area (Å²) in [6, 6.07) is 0. The van der Waals surface area contributed by atoms with Crippen LogP contribution < -0.4 is 0 Å². The predicted molar refractivity (Wildman–Crippen MR) is 75.9 cm³/mol. The summed E-state index contributed by atoms with van der Waals surface area (Å²) in [4.78, 5) is 0. The van der Waals surface area contributed by atoms with Crippen molar-refractivity contribution in [2.24, 2.45) is 0 Å². The van der Waals surface area contributed by atoms with Gasteiger partial charge in [0.25, 0.3) is 0 Å². The van der Waals surface area contributed by atoms with Gasteiger partial charge in [0.1, 0.15) is 0 Å². The zero-order chi connectivity index (χ0) is 13.7. The third kappa shape index (κ3) is 9.32. The number of rotatable bonds is 6. The molecule has 0 amide bonds. The smallest absolute Gasteiger partial charge is 0.156 e. The number of hydrogen-bond donors (Lipinski definition) is 1. The molecule has 98 valence electrons. The Labute approximate surface area is 112 Å². The van der Waals surface area contributed by atoms with Crippen LogP contribution in [0.5, 0.6) is 0 Å². The average Bonchev–Trinajstić information content (AvgIpc) is 2.09. The summed E-state index contributed by atoms with van der Waals surface area (Å²) >= 11 is 3.24.